The van der Waals surface area contributed by atoms with Gasteiger partial charge in [0.2, 0.25) is 0 Å². The number of amides is 1. The monoisotopic (exact) mass is 582 g/mol. The minimum absolute atomic E-state index is 0.111. The van der Waals surface area contributed by atoms with Crippen LogP contribution in [0.25, 0.3) is 5.57 Å². The van der Waals surface area contributed by atoms with Gasteiger partial charge in [0.1, 0.15) is 12.3 Å². The summed E-state index contributed by atoms with van der Waals surface area (Å²) < 4.78 is 39.2. The third kappa shape index (κ3) is 7.25. The highest BCUT2D eigenvalue weighted by Crippen LogP contribution is 2.47. The number of carbonyl (C=O) groups is 1. The number of phenols is 1. The van der Waals surface area contributed by atoms with Crippen molar-refractivity contribution in [3.05, 3.63) is 82.4 Å². The molecule has 1 unspecified atom stereocenters. The normalized spacial score (nSPS) is 21.2. The van der Waals surface area contributed by atoms with Gasteiger partial charge in [0.25, 0.3) is 5.91 Å². The number of phenolic OH excluding ortho intramolecular Hbond substituents is 1. The van der Waals surface area contributed by atoms with E-state index in [0.717, 1.165) is 75.7 Å². The molecule has 0 radical (unpaired) electrons. The Hall–Kier alpha value is -3.14. The Bertz CT molecular complexity index is 1330. The van der Waals surface area contributed by atoms with Gasteiger partial charge in [-0.1, -0.05) is 36.4 Å². The van der Waals surface area contributed by atoms with Crippen molar-refractivity contribution in [1.29, 1.82) is 0 Å². The first-order valence-corrected chi connectivity index (χ1v) is 15.0. The first kappa shape index (κ1) is 30.3. The van der Waals surface area contributed by atoms with Crippen LogP contribution in [0.3, 0.4) is 0 Å². The van der Waals surface area contributed by atoms with Crippen molar-refractivity contribution in [2.45, 2.75) is 76.0 Å². The summed E-state index contributed by atoms with van der Waals surface area (Å²) >= 11 is 0. The zero-order valence-electron chi connectivity index (χ0n) is 24.2. The number of nitrogens with one attached hydrogen (secondary N) is 3. The molecule has 0 spiro atoms. The molecule has 1 amide bonds. The van der Waals surface area contributed by atoms with Crippen LogP contribution in [-0.4, -0.2) is 54.3 Å². The van der Waals surface area contributed by atoms with Crippen LogP contribution in [0.1, 0.15) is 78.4 Å². The molecule has 1 atom stereocenters. The van der Waals surface area contributed by atoms with E-state index in [9.17, 15) is 23.1 Å². The van der Waals surface area contributed by atoms with Gasteiger partial charge in [0, 0.05) is 24.7 Å². The number of fused-ring (bicyclic) bond motifs is 2. The summed E-state index contributed by atoms with van der Waals surface area (Å²) in [6.45, 7) is 3.38. The van der Waals surface area contributed by atoms with Gasteiger partial charge in [-0.3, -0.25) is 4.79 Å². The number of benzene rings is 2. The predicted molar refractivity (Wildman–Crippen MR) is 159 cm³/mol. The quantitative estimate of drug-likeness (QED) is 0.201. The molecule has 0 saturated carbocycles. The Morgan fingerprint density at radius 2 is 1.90 bits per heavy atom. The Morgan fingerprint density at radius 1 is 1.12 bits per heavy atom. The molecule has 5 rings (SSSR count). The minimum Gasteiger partial charge on any atom is -0.508 e. The second kappa shape index (κ2) is 13.0. The fourth-order valence-corrected chi connectivity index (χ4v) is 6.61. The van der Waals surface area contributed by atoms with E-state index in [4.69, 9.17) is 0 Å². The summed E-state index contributed by atoms with van der Waals surface area (Å²) in [7, 11) is 0. The molecule has 1 fully saturated rings. The number of hydrogen-bond donors (Lipinski definition) is 4. The predicted octanol–water partition coefficient (Wildman–Crippen LogP) is 6.12. The average Bonchev–Trinajstić information content (AvgIpc) is 2.97. The number of allylic oxidation sites excluding steroid dienone is 3. The van der Waals surface area contributed by atoms with Crippen molar-refractivity contribution in [1.82, 2.24) is 21.1 Å². The molecule has 6 nitrogen and oxygen atoms in total. The molecule has 42 heavy (non-hydrogen) atoms. The standard InChI is InChI=1S/C33H41F3N4O2/c1-23-20-24(12-13-30(23)41)31(42)38-26-14-18-40(19-15-26)17-7-6-16-32(39-37-22-33(34,35)36)21-25-8-2-3-9-27(25)28-10-4-5-11-29(28)32/h2,4-5,8,10-13,20,26,37,39,41H,3,6-7,9,14-19,21-22H2,1H3,(H,38,42). The molecule has 2 aromatic rings. The van der Waals surface area contributed by atoms with Crippen molar-refractivity contribution >= 4 is 11.5 Å². The number of alkyl halides is 3. The molecule has 1 aliphatic heterocycles. The lowest BCUT2D eigenvalue weighted by Gasteiger charge is -2.42. The molecule has 0 aromatic heterocycles. The zero-order chi connectivity index (χ0) is 29.7. The van der Waals surface area contributed by atoms with Crippen LogP contribution in [0.4, 0.5) is 13.2 Å². The number of piperidine rings is 1. The van der Waals surface area contributed by atoms with Gasteiger partial charge in [-0.25, -0.2) is 10.9 Å². The molecule has 1 saturated heterocycles. The second-order valence-electron chi connectivity index (χ2n) is 11.9. The Balaban J connectivity index is 1.16. The maximum atomic E-state index is 13.1. The van der Waals surface area contributed by atoms with Gasteiger partial charge >= 0.3 is 6.18 Å². The summed E-state index contributed by atoms with van der Waals surface area (Å²) in [5.41, 5.74) is 11.0. The Morgan fingerprint density at radius 3 is 2.67 bits per heavy atom. The number of halogens is 3. The van der Waals surface area contributed by atoms with Crippen molar-refractivity contribution in [2.75, 3.05) is 26.2 Å². The molecule has 2 aliphatic carbocycles. The third-order valence-corrected chi connectivity index (χ3v) is 8.85. The minimum atomic E-state index is -4.30. The maximum Gasteiger partial charge on any atom is 0.402 e. The highest BCUT2D eigenvalue weighted by Gasteiger charge is 2.40. The summed E-state index contributed by atoms with van der Waals surface area (Å²) in [6, 6.07) is 13.2. The first-order valence-electron chi connectivity index (χ1n) is 15.0. The summed E-state index contributed by atoms with van der Waals surface area (Å²) in [4.78, 5) is 15.1. The number of aromatic hydroxyl groups is 1. The van der Waals surface area contributed by atoms with E-state index in [1.54, 1.807) is 25.1 Å². The van der Waals surface area contributed by atoms with Crippen LogP contribution >= 0.6 is 0 Å². The van der Waals surface area contributed by atoms with Crippen LogP contribution in [-0.2, 0) is 5.54 Å². The van der Waals surface area contributed by atoms with E-state index in [2.05, 4.69) is 45.4 Å². The Labute approximate surface area is 246 Å². The van der Waals surface area contributed by atoms with Gasteiger partial charge < -0.3 is 15.3 Å². The van der Waals surface area contributed by atoms with Crippen LogP contribution < -0.4 is 16.2 Å². The topological polar surface area (TPSA) is 76.6 Å². The molecular formula is C33H41F3N4O2. The van der Waals surface area contributed by atoms with E-state index in [-0.39, 0.29) is 17.7 Å². The van der Waals surface area contributed by atoms with E-state index in [0.29, 0.717) is 17.5 Å². The van der Waals surface area contributed by atoms with Gasteiger partial charge in [-0.2, -0.15) is 13.2 Å². The summed E-state index contributed by atoms with van der Waals surface area (Å²) in [5, 5.41) is 12.8. The van der Waals surface area contributed by atoms with Crippen molar-refractivity contribution in [3.8, 4) is 5.75 Å². The molecule has 1 heterocycles. The van der Waals surface area contributed by atoms with Crippen LogP contribution in [0.5, 0.6) is 5.75 Å². The van der Waals surface area contributed by atoms with Crippen molar-refractivity contribution < 1.29 is 23.1 Å². The molecule has 226 valence electrons. The Kier molecular flexibility index (Phi) is 9.40. The largest absolute Gasteiger partial charge is 0.508 e. The van der Waals surface area contributed by atoms with Crippen molar-refractivity contribution in [2.24, 2.45) is 0 Å². The number of rotatable bonds is 10. The lowest BCUT2D eigenvalue weighted by Crippen LogP contribution is -2.54. The molecule has 4 N–H and O–H groups in total. The van der Waals surface area contributed by atoms with Gasteiger partial charge in [-0.05, 0) is 111 Å². The number of hydrazine groups is 1. The van der Waals surface area contributed by atoms with E-state index in [1.165, 1.54) is 11.1 Å². The van der Waals surface area contributed by atoms with E-state index >= 15 is 0 Å². The summed E-state index contributed by atoms with van der Waals surface area (Å²) in [5.74, 6) is 0.0619. The highest BCUT2D eigenvalue weighted by molar-refractivity contribution is 5.94. The molecule has 9 heteroatoms. The zero-order valence-corrected chi connectivity index (χ0v) is 24.2. The number of nitrogens with zero attached hydrogens (tertiary/aromatic N) is 1. The molecule has 2 aromatic carbocycles. The fourth-order valence-electron chi connectivity index (χ4n) is 6.61. The smallest absolute Gasteiger partial charge is 0.402 e. The lowest BCUT2D eigenvalue weighted by molar-refractivity contribution is -0.128. The van der Waals surface area contributed by atoms with E-state index in [1.807, 2.05) is 12.1 Å². The van der Waals surface area contributed by atoms with Crippen LogP contribution in [0, 0.1) is 6.92 Å². The van der Waals surface area contributed by atoms with Gasteiger partial charge in [0.15, 0.2) is 0 Å². The van der Waals surface area contributed by atoms with Crippen LogP contribution in [0.2, 0.25) is 0 Å². The first-order chi connectivity index (χ1) is 20.1. The highest BCUT2D eigenvalue weighted by atomic mass is 19.4. The molecule has 0 bridgehead atoms. The number of carbonyl (C=O) groups excluding carboxylic acids is 1. The van der Waals surface area contributed by atoms with E-state index < -0.39 is 18.3 Å². The van der Waals surface area contributed by atoms with Gasteiger partial charge in [-0.15, -0.1) is 0 Å². The third-order valence-electron chi connectivity index (χ3n) is 8.85. The number of likely N-dealkylation sites (tertiary alicyclic amines) is 1. The fraction of sp³-hybridized carbons (Fsp3) is 0.485. The van der Waals surface area contributed by atoms with Crippen molar-refractivity contribution in [3.63, 3.8) is 0 Å². The number of unbranched alkanes of at least 4 members (excludes halogenated alkanes) is 1. The SMILES string of the molecule is Cc1cc(C(=O)NC2CCN(CCCCC3(NNCC(F)(F)F)CC4=C(CCC=C4)c4ccccc43)CC2)ccc1O. The van der Waals surface area contributed by atoms with Crippen LogP contribution in [0.15, 0.2) is 60.2 Å². The van der Waals surface area contributed by atoms with Gasteiger partial charge in [0.05, 0.1) is 5.54 Å². The second-order valence-corrected chi connectivity index (χ2v) is 11.9. The number of aryl methyl sites for hydroxylation is 1. The maximum absolute atomic E-state index is 13.1. The lowest BCUT2D eigenvalue weighted by atomic mass is 9.69. The average molecular weight is 583 g/mol. The summed E-state index contributed by atoms with van der Waals surface area (Å²) in [6.07, 6.45) is 6.89. The molecule has 3 aliphatic rings. The molecular weight excluding hydrogens is 541 g/mol. The number of hydrogen-bond acceptors (Lipinski definition) is 5.